The van der Waals surface area contributed by atoms with Gasteiger partial charge in [0.2, 0.25) is 15.9 Å². The van der Waals surface area contributed by atoms with Crippen LogP contribution in [0, 0.1) is 5.92 Å². The van der Waals surface area contributed by atoms with E-state index in [0.717, 1.165) is 25.0 Å². The summed E-state index contributed by atoms with van der Waals surface area (Å²) in [5.41, 5.74) is 2.40. The van der Waals surface area contributed by atoms with Crippen LogP contribution in [0.25, 0.3) is 0 Å². The number of nitrogens with zero attached hydrogens (tertiary/aromatic N) is 1. The normalized spacial score (nSPS) is 20.4. The van der Waals surface area contributed by atoms with Gasteiger partial charge in [0, 0.05) is 19.0 Å². The Morgan fingerprint density at radius 1 is 1.07 bits per heavy atom. The van der Waals surface area contributed by atoms with Crippen molar-refractivity contribution < 1.29 is 17.9 Å². The minimum Gasteiger partial charge on any atom is -0.497 e. The zero-order chi connectivity index (χ0) is 21.1. The Kier molecular flexibility index (Phi) is 6.11. The number of methoxy groups -OCH3 is 1. The third-order valence-corrected chi connectivity index (χ3v) is 8.10. The number of aryl methyl sites for hydroxylation is 1. The first-order chi connectivity index (χ1) is 14.5. The van der Waals surface area contributed by atoms with E-state index in [2.05, 4.69) is 11.4 Å². The number of hydrogen-bond acceptors (Lipinski definition) is 4. The van der Waals surface area contributed by atoms with Crippen LogP contribution in [0.4, 0.5) is 0 Å². The summed E-state index contributed by atoms with van der Waals surface area (Å²) < 4.78 is 32.4. The van der Waals surface area contributed by atoms with E-state index >= 15 is 0 Å². The van der Waals surface area contributed by atoms with Gasteiger partial charge in [-0.2, -0.15) is 4.31 Å². The quantitative estimate of drug-likeness (QED) is 0.793. The number of nitrogens with one attached hydrogen (secondary N) is 1. The maximum Gasteiger partial charge on any atom is 0.243 e. The van der Waals surface area contributed by atoms with E-state index in [9.17, 15) is 13.2 Å². The van der Waals surface area contributed by atoms with Crippen LogP contribution in [-0.4, -0.2) is 38.8 Å². The SMILES string of the molecule is COc1ccc2c(c1)CCCC2NC(=O)C1CCN(S(=O)(=O)c2ccccc2)CC1. The summed E-state index contributed by atoms with van der Waals surface area (Å²) in [6.45, 7) is 0.738. The van der Waals surface area contributed by atoms with Crippen molar-refractivity contribution in [1.29, 1.82) is 0 Å². The summed E-state index contributed by atoms with van der Waals surface area (Å²) in [4.78, 5) is 13.2. The standard InChI is InChI=1S/C23H28N2O4S/c1-29-19-10-11-21-18(16-19)6-5-9-22(21)24-23(26)17-12-14-25(15-13-17)30(27,28)20-7-3-2-4-8-20/h2-4,7-8,10-11,16-17,22H,5-6,9,12-15H2,1H3,(H,24,26). The predicted octanol–water partition coefficient (Wildman–Crippen LogP) is 3.29. The summed E-state index contributed by atoms with van der Waals surface area (Å²) in [5, 5.41) is 3.22. The monoisotopic (exact) mass is 428 g/mol. The second-order valence-electron chi connectivity index (χ2n) is 8.01. The van der Waals surface area contributed by atoms with Crippen LogP contribution in [0.2, 0.25) is 0 Å². The molecule has 2 aromatic carbocycles. The second-order valence-corrected chi connectivity index (χ2v) is 9.95. The predicted molar refractivity (Wildman–Crippen MR) is 115 cm³/mol. The molecule has 1 fully saturated rings. The number of fused-ring (bicyclic) bond motifs is 1. The molecule has 160 valence electrons. The second kappa shape index (κ2) is 8.78. The fourth-order valence-electron chi connectivity index (χ4n) is 4.46. The number of rotatable bonds is 5. The van der Waals surface area contributed by atoms with Crippen molar-refractivity contribution in [2.45, 2.75) is 43.0 Å². The van der Waals surface area contributed by atoms with E-state index in [1.807, 2.05) is 12.1 Å². The first kappa shape index (κ1) is 20.9. The minimum absolute atomic E-state index is 0.0123. The summed E-state index contributed by atoms with van der Waals surface area (Å²) in [6, 6.07) is 14.5. The molecular weight excluding hydrogens is 400 g/mol. The lowest BCUT2D eigenvalue weighted by Gasteiger charge is -2.32. The fraction of sp³-hybridized carbons (Fsp3) is 0.435. The van der Waals surface area contributed by atoms with Crippen LogP contribution in [-0.2, 0) is 21.2 Å². The van der Waals surface area contributed by atoms with Gasteiger partial charge in [-0.05, 0) is 67.5 Å². The van der Waals surface area contributed by atoms with Crippen molar-refractivity contribution in [3.05, 3.63) is 59.7 Å². The molecule has 30 heavy (non-hydrogen) atoms. The molecule has 0 bridgehead atoms. The van der Waals surface area contributed by atoms with E-state index < -0.39 is 10.0 Å². The smallest absolute Gasteiger partial charge is 0.243 e. The molecule has 0 aromatic heterocycles. The maximum absolute atomic E-state index is 12.9. The van der Waals surface area contributed by atoms with Gasteiger partial charge >= 0.3 is 0 Å². The molecule has 1 unspecified atom stereocenters. The summed E-state index contributed by atoms with van der Waals surface area (Å²) in [7, 11) is -1.83. The topological polar surface area (TPSA) is 75.7 Å². The number of ether oxygens (including phenoxy) is 1. The Morgan fingerprint density at radius 3 is 2.50 bits per heavy atom. The number of hydrogen-bond donors (Lipinski definition) is 1. The van der Waals surface area contributed by atoms with Crippen LogP contribution in [0.5, 0.6) is 5.75 Å². The van der Waals surface area contributed by atoms with E-state index in [-0.39, 0.29) is 17.9 Å². The first-order valence-corrected chi connectivity index (χ1v) is 12.0. The van der Waals surface area contributed by atoms with Crippen LogP contribution in [0.15, 0.2) is 53.4 Å². The zero-order valence-corrected chi connectivity index (χ0v) is 18.0. The van der Waals surface area contributed by atoms with Crippen LogP contribution in [0.1, 0.15) is 42.9 Å². The lowest BCUT2D eigenvalue weighted by molar-refractivity contribution is -0.127. The van der Waals surface area contributed by atoms with E-state index in [1.165, 1.54) is 15.4 Å². The average Bonchev–Trinajstić information content (AvgIpc) is 2.79. The molecule has 6 nitrogen and oxygen atoms in total. The molecular formula is C23H28N2O4S. The van der Waals surface area contributed by atoms with Crippen molar-refractivity contribution >= 4 is 15.9 Å². The van der Waals surface area contributed by atoms with Gasteiger partial charge in [-0.1, -0.05) is 24.3 Å². The lowest BCUT2D eigenvalue weighted by atomic mass is 9.86. The molecule has 1 N–H and O–H groups in total. The van der Waals surface area contributed by atoms with Gasteiger partial charge in [-0.3, -0.25) is 4.79 Å². The number of carbonyl (C=O) groups excluding carboxylic acids is 1. The van der Waals surface area contributed by atoms with Gasteiger partial charge in [0.05, 0.1) is 18.0 Å². The third-order valence-electron chi connectivity index (χ3n) is 6.19. The molecule has 1 atom stereocenters. The van der Waals surface area contributed by atoms with Gasteiger partial charge in [-0.25, -0.2) is 8.42 Å². The highest BCUT2D eigenvalue weighted by Gasteiger charge is 2.33. The molecule has 7 heteroatoms. The van der Waals surface area contributed by atoms with Crippen molar-refractivity contribution in [3.63, 3.8) is 0 Å². The number of piperidine rings is 1. The van der Waals surface area contributed by atoms with E-state index in [0.29, 0.717) is 30.8 Å². The Morgan fingerprint density at radius 2 is 1.80 bits per heavy atom. The van der Waals surface area contributed by atoms with Gasteiger partial charge in [0.25, 0.3) is 0 Å². The highest BCUT2D eigenvalue weighted by molar-refractivity contribution is 7.89. The Hall–Kier alpha value is -2.38. The summed E-state index contributed by atoms with van der Waals surface area (Å²) >= 11 is 0. The molecule has 0 spiro atoms. The molecule has 1 saturated heterocycles. The fourth-order valence-corrected chi connectivity index (χ4v) is 5.95. The lowest BCUT2D eigenvalue weighted by Crippen LogP contribution is -2.44. The highest BCUT2D eigenvalue weighted by atomic mass is 32.2. The number of benzene rings is 2. The van der Waals surface area contributed by atoms with Gasteiger partial charge in [-0.15, -0.1) is 0 Å². The number of amides is 1. The Labute approximate surface area is 178 Å². The molecule has 1 aliphatic heterocycles. The highest BCUT2D eigenvalue weighted by Crippen LogP contribution is 2.33. The van der Waals surface area contributed by atoms with Gasteiger partial charge in [0.1, 0.15) is 5.75 Å². The van der Waals surface area contributed by atoms with Crippen molar-refractivity contribution in [2.24, 2.45) is 5.92 Å². The molecule has 0 radical (unpaired) electrons. The molecule has 1 aliphatic carbocycles. The largest absolute Gasteiger partial charge is 0.497 e. The Balaban J connectivity index is 1.38. The molecule has 2 aromatic rings. The molecule has 0 saturated carbocycles. The molecule has 1 heterocycles. The van der Waals surface area contributed by atoms with Gasteiger partial charge in [0.15, 0.2) is 0 Å². The van der Waals surface area contributed by atoms with Crippen LogP contribution >= 0.6 is 0 Å². The third kappa shape index (κ3) is 4.23. The molecule has 4 rings (SSSR count). The van der Waals surface area contributed by atoms with Crippen molar-refractivity contribution in [3.8, 4) is 5.75 Å². The number of carbonyl (C=O) groups is 1. The first-order valence-electron chi connectivity index (χ1n) is 10.5. The Bertz CT molecular complexity index is 999. The van der Waals surface area contributed by atoms with E-state index in [1.54, 1.807) is 37.4 Å². The summed E-state index contributed by atoms with van der Waals surface area (Å²) in [5.74, 6) is 0.712. The average molecular weight is 429 g/mol. The number of sulfonamides is 1. The van der Waals surface area contributed by atoms with Crippen LogP contribution in [0.3, 0.4) is 0 Å². The van der Waals surface area contributed by atoms with Crippen molar-refractivity contribution in [1.82, 2.24) is 9.62 Å². The van der Waals surface area contributed by atoms with E-state index in [4.69, 9.17) is 4.74 Å². The maximum atomic E-state index is 12.9. The molecule has 1 amide bonds. The van der Waals surface area contributed by atoms with Crippen LogP contribution < -0.4 is 10.1 Å². The molecule has 2 aliphatic rings. The zero-order valence-electron chi connectivity index (χ0n) is 17.2. The van der Waals surface area contributed by atoms with Gasteiger partial charge < -0.3 is 10.1 Å². The minimum atomic E-state index is -3.50. The summed E-state index contributed by atoms with van der Waals surface area (Å²) in [6.07, 6.45) is 4.03. The van der Waals surface area contributed by atoms with Crippen molar-refractivity contribution in [2.75, 3.05) is 20.2 Å².